The molecule has 3 rings (SSSR count). The van der Waals surface area contributed by atoms with Gasteiger partial charge in [-0.05, 0) is 60.4 Å². The second-order valence-electron chi connectivity index (χ2n) is 7.78. The summed E-state index contributed by atoms with van der Waals surface area (Å²) >= 11 is 1.34. The Morgan fingerprint density at radius 3 is 2.54 bits per heavy atom. The standard InChI is InChI=1S/C24H28N2O8S/c1-31-19-12-14-7-9-17(25-21(28)6-5-11-34-26(29)30)16-13-18(27)20(35-4)10-8-15(16)22(14)24(33-3)23(19)32-2/h8,10,12-13,17H,5-7,9,11H2,1-4H3,(H,25,28). The van der Waals surface area contributed by atoms with Gasteiger partial charge in [-0.15, -0.1) is 21.9 Å². The number of rotatable bonds is 10. The molecule has 0 fully saturated rings. The van der Waals surface area contributed by atoms with E-state index in [1.807, 2.05) is 18.4 Å². The SMILES string of the molecule is COc1cc2c(c(OC)c1OC)-c1ccc(SC)c(=O)cc1C(NC(=O)CCCO[N+](=O)[O-])CC2. The number of hydrogen-bond acceptors (Lipinski definition) is 9. The van der Waals surface area contributed by atoms with Gasteiger partial charge in [-0.1, -0.05) is 6.07 Å². The van der Waals surface area contributed by atoms with Crippen LogP contribution in [0, 0.1) is 10.1 Å². The molecular formula is C24H28N2O8S. The van der Waals surface area contributed by atoms with Gasteiger partial charge in [0.1, 0.15) is 0 Å². The van der Waals surface area contributed by atoms with Gasteiger partial charge in [0.05, 0.1) is 38.9 Å². The van der Waals surface area contributed by atoms with Gasteiger partial charge < -0.3 is 24.4 Å². The zero-order valence-electron chi connectivity index (χ0n) is 20.0. The minimum Gasteiger partial charge on any atom is -0.493 e. The van der Waals surface area contributed by atoms with Gasteiger partial charge in [-0.3, -0.25) is 9.59 Å². The zero-order chi connectivity index (χ0) is 25.5. The Hall–Kier alpha value is -3.47. The summed E-state index contributed by atoms with van der Waals surface area (Å²) in [6.07, 6.45) is 3.17. The monoisotopic (exact) mass is 504 g/mol. The molecule has 2 aromatic carbocycles. The molecule has 1 amide bonds. The van der Waals surface area contributed by atoms with E-state index in [0.29, 0.717) is 40.5 Å². The topological polar surface area (TPSA) is 126 Å². The van der Waals surface area contributed by atoms with Crippen molar-refractivity contribution in [2.24, 2.45) is 0 Å². The molecule has 1 aliphatic rings. The van der Waals surface area contributed by atoms with E-state index in [-0.39, 0.29) is 30.8 Å². The van der Waals surface area contributed by atoms with Gasteiger partial charge in [-0.2, -0.15) is 0 Å². The molecule has 0 radical (unpaired) electrons. The van der Waals surface area contributed by atoms with Crippen LogP contribution in [0.1, 0.15) is 36.4 Å². The highest BCUT2D eigenvalue weighted by atomic mass is 32.2. The smallest absolute Gasteiger partial charge is 0.294 e. The molecule has 0 heterocycles. The molecule has 1 aliphatic carbocycles. The molecule has 188 valence electrons. The van der Waals surface area contributed by atoms with Crippen molar-refractivity contribution in [3.63, 3.8) is 0 Å². The lowest BCUT2D eigenvalue weighted by Gasteiger charge is -2.20. The summed E-state index contributed by atoms with van der Waals surface area (Å²) in [6.45, 7) is -0.166. The fourth-order valence-electron chi connectivity index (χ4n) is 4.26. The van der Waals surface area contributed by atoms with Gasteiger partial charge in [0, 0.05) is 12.0 Å². The first-order chi connectivity index (χ1) is 16.8. The van der Waals surface area contributed by atoms with Crippen LogP contribution in [0.2, 0.25) is 0 Å². The van der Waals surface area contributed by atoms with E-state index < -0.39 is 11.1 Å². The minimum absolute atomic E-state index is 0.0524. The lowest BCUT2D eigenvalue weighted by atomic mass is 9.95. The number of carbonyl (C=O) groups excluding carboxylic acids is 1. The number of carbonyl (C=O) groups is 1. The number of ether oxygens (including phenoxy) is 3. The fourth-order valence-corrected chi connectivity index (χ4v) is 4.72. The van der Waals surface area contributed by atoms with Crippen molar-refractivity contribution in [1.29, 1.82) is 0 Å². The van der Waals surface area contributed by atoms with Crippen LogP contribution in [0.3, 0.4) is 0 Å². The molecule has 0 saturated carbocycles. The van der Waals surface area contributed by atoms with Crippen molar-refractivity contribution in [3.8, 4) is 28.4 Å². The van der Waals surface area contributed by atoms with E-state index in [1.165, 1.54) is 18.9 Å². The molecule has 1 unspecified atom stereocenters. The van der Waals surface area contributed by atoms with E-state index in [9.17, 15) is 19.7 Å². The number of benzene rings is 1. The molecule has 10 nitrogen and oxygen atoms in total. The van der Waals surface area contributed by atoms with E-state index in [1.54, 1.807) is 26.4 Å². The normalized spacial score (nSPS) is 14.1. The first-order valence-electron chi connectivity index (χ1n) is 11.0. The number of fused-ring (bicyclic) bond motifs is 3. The Morgan fingerprint density at radius 1 is 1.17 bits per heavy atom. The number of methoxy groups -OCH3 is 3. The quantitative estimate of drug-likeness (QED) is 0.224. The van der Waals surface area contributed by atoms with E-state index in [4.69, 9.17) is 14.2 Å². The average Bonchev–Trinajstić information content (AvgIpc) is 3.09. The summed E-state index contributed by atoms with van der Waals surface area (Å²) in [5, 5.41) is 12.4. The maximum absolute atomic E-state index is 12.9. The Morgan fingerprint density at radius 2 is 1.91 bits per heavy atom. The molecule has 11 heteroatoms. The van der Waals surface area contributed by atoms with Crippen molar-refractivity contribution in [3.05, 3.63) is 55.7 Å². The number of nitrogens with one attached hydrogen (secondary N) is 1. The molecule has 0 bridgehead atoms. The van der Waals surface area contributed by atoms with Gasteiger partial charge >= 0.3 is 0 Å². The highest BCUT2D eigenvalue weighted by molar-refractivity contribution is 7.98. The van der Waals surface area contributed by atoms with Crippen molar-refractivity contribution in [2.45, 2.75) is 36.6 Å². The summed E-state index contributed by atoms with van der Waals surface area (Å²) in [5.41, 5.74) is 2.96. The van der Waals surface area contributed by atoms with Crippen LogP contribution in [0.5, 0.6) is 17.2 Å². The molecular weight excluding hydrogens is 476 g/mol. The molecule has 0 aromatic heterocycles. The van der Waals surface area contributed by atoms with Crippen LogP contribution < -0.4 is 25.0 Å². The Labute approximate surface area is 207 Å². The molecule has 2 aromatic rings. The average molecular weight is 505 g/mol. The lowest BCUT2D eigenvalue weighted by Crippen LogP contribution is -2.29. The van der Waals surface area contributed by atoms with Crippen LogP contribution in [0.15, 0.2) is 34.0 Å². The predicted octanol–water partition coefficient (Wildman–Crippen LogP) is 3.55. The van der Waals surface area contributed by atoms with Crippen molar-refractivity contribution < 1.29 is 28.9 Å². The summed E-state index contributed by atoms with van der Waals surface area (Å²) in [7, 11) is 4.63. The Balaban J connectivity index is 2.11. The van der Waals surface area contributed by atoms with Crippen LogP contribution in [0.25, 0.3) is 11.1 Å². The van der Waals surface area contributed by atoms with Crippen LogP contribution >= 0.6 is 11.8 Å². The summed E-state index contributed by atoms with van der Waals surface area (Å²) in [4.78, 5) is 40.8. The van der Waals surface area contributed by atoms with Crippen molar-refractivity contribution in [1.82, 2.24) is 5.32 Å². The third-order valence-corrected chi connectivity index (χ3v) is 6.58. The molecule has 0 saturated heterocycles. The van der Waals surface area contributed by atoms with Gasteiger partial charge in [0.2, 0.25) is 11.7 Å². The zero-order valence-corrected chi connectivity index (χ0v) is 20.9. The molecule has 35 heavy (non-hydrogen) atoms. The third kappa shape index (κ3) is 5.79. The summed E-state index contributed by atoms with van der Waals surface area (Å²) in [5.74, 6) is 1.15. The largest absolute Gasteiger partial charge is 0.493 e. The Kier molecular flexibility index (Phi) is 8.80. The van der Waals surface area contributed by atoms with Gasteiger partial charge in [0.15, 0.2) is 16.9 Å². The highest BCUT2D eigenvalue weighted by Crippen LogP contribution is 2.50. The molecule has 0 spiro atoms. The van der Waals surface area contributed by atoms with Crippen molar-refractivity contribution >= 4 is 17.7 Å². The van der Waals surface area contributed by atoms with Crippen LogP contribution in [0.4, 0.5) is 0 Å². The first-order valence-corrected chi connectivity index (χ1v) is 12.2. The molecule has 0 aliphatic heterocycles. The third-order valence-electron chi connectivity index (χ3n) is 5.80. The summed E-state index contributed by atoms with van der Waals surface area (Å²) in [6, 6.07) is 6.63. The van der Waals surface area contributed by atoms with Gasteiger partial charge in [0.25, 0.3) is 5.09 Å². The number of thioether (sulfide) groups is 1. The first kappa shape index (κ1) is 26.1. The Bertz CT molecular complexity index is 1170. The number of aryl methyl sites for hydroxylation is 1. The second kappa shape index (κ2) is 11.8. The van der Waals surface area contributed by atoms with Crippen molar-refractivity contribution in [2.75, 3.05) is 34.2 Å². The number of hydrogen-bond donors (Lipinski definition) is 1. The molecule has 1 N–H and O–H groups in total. The number of amides is 1. The summed E-state index contributed by atoms with van der Waals surface area (Å²) < 4.78 is 16.9. The maximum atomic E-state index is 12.9. The number of nitrogens with zero attached hydrogens (tertiary/aromatic N) is 1. The van der Waals surface area contributed by atoms with E-state index in [2.05, 4.69) is 10.2 Å². The minimum atomic E-state index is -0.883. The van der Waals surface area contributed by atoms with Crippen LogP contribution in [-0.4, -0.2) is 45.2 Å². The molecule has 1 atom stereocenters. The van der Waals surface area contributed by atoms with E-state index in [0.717, 1.165) is 16.7 Å². The van der Waals surface area contributed by atoms with Gasteiger partial charge in [-0.25, -0.2) is 0 Å². The van der Waals surface area contributed by atoms with E-state index >= 15 is 0 Å². The second-order valence-corrected chi connectivity index (χ2v) is 8.63. The fraction of sp³-hybridized carbons (Fsp3) is 0.417. The maximum Gasteiger partial charge on any atom is 0.294 e. The lowest BCUT2D eigenvalue weighted by molar-refractivity contribution is -0.757. The predicted molar refractivity (Wildman–Crippen MR) is 131 cm³/mol. The highest BCUT2D eigenvalue weighted by Gasteiger charge is 2.29. The van der Waals surface area contributed by atoms with Crippen LogP contribution in [-0.2, 0) is 16.1 Å².